The average molecular weight is 302 g/mol. The van der Waals surface area contributed by atoms with Gasteiger partial charge in [-0.2, -0.15) is 0 Å². The van der Waals surface area contributed by atoms with Crippen LogP contribution in [0.15, 0.2) is 6.07 Å². The summed E-state index contributed by atoms with van der Waals surface area (Å²) in [6, 6.07) is -0.296. The van der Waals surface area contributed by atoms with Gasteiger partial charge in [0.2, 0.25) is 0 Å². The third kappa shape index (κ3) is 2.66. The van der Waals surface area contributed by atoms with Crippen molar-refractivity contribution in [1.29, 1.82) is 0 Å². The van der Waals surface area contributed by atoms with Crippen molar-refractivity contribution in [3.8, 4) is 0 Å². The Balaban J connectivity index is 2.03. The zero-order chi connectivity index (χ0) is 15.0. The van der Waals surface area contributed by atoms with Gasteiger partial charge in [-0.25, -0.2) is 17.6 Å². The van der Waals surface area contributed by atoms with Crippen LogP contribution < -0.4 is 5.32 Å². The fourth-order valence-electron chi connectivity index (χ4n) is 3.28. The van der Waals surface area contributed by atoms with Crippen LogP contribution in [0.25, 0.3) is 0 Å². The summed E-state index contributed by atoms with van der Waals surface area (Å²) in [5.74, 6) is -5.06. The van der Waals surface area contributed by atoms with Crippen molar-refractivity contribution < 1.29 is 17.6 Å². The van der Waals surface area contributed by atoms with Crippen LogP contribution in [0.5, 0.6) is 0 Å². The predicted molar refractivity (Wildman–Crippen MR) is 70.8 cm³/mol. The highest BCUT2D eigenvalue weighted by Crippen LogP contribution is 2.43. The molecule has 2 fully saturated rings. The topological polar surface area (TPSA) is 15.3 Å². The first-order chi connectivity index (χ1) is 10.1. The maximum absolute atomic E-state index is 14.1. The molecular weight excluding hydrogens is 284 g/mol. The van der Waals surface area contributed by atoms with Gasteiger partial charge < -0.3 is 5.32 Å². The minimum atomic E-state index is -1.32. The van der Waals surface area contributed by atoms with Gasteiger partial charge in [0.1, 0.15) is 0 Å². The highest BCUT2D eigenvalue weighted by Gasteiger charge is 2.38. The van der Waals surface area contributed by atoms with Gasteiger partial charge in [0, 0.05) is 43.9 Å². The second-order valence-corrected chi connectivity index (χ2v) is 5.80. The molecule has 0 bridgehead atoms. The molecule has 0 amide bonds. The molecular formula is C15H18F4N2. The van der Waals surface area contributed by atoms with Crippen LogP contribution in [-0.2, 0) is 0 Å². The van der Waals surface area contributed by atoms with Crippen LogP contribution in [0, 0.1) is 29.2 Å². The molecule has 1 atom stereocenters. The zero-order valence-corrected chi connectivity index (χ0v) is 11.6. The molecule has 2 nitrogen and oxygen atoms in total. The van der Waals surface area contributed by atoms with Crippen molar-refractivity contribution >= 4 is 0 Å². The Labute approximate surface area is 121 Å². The number of benzene rings is 1. The fourth-order valence-corrected chi connectivity index (χ4v) is 3.28. The van der Waals surface area contributed by atoms with E-state index in [1.807, 2.05) is 4.90 Å². The number of nitrogens with one attached hydrogen (secondary N) is 1. The predicted octanol–water partition coefficient (Wildman–Crippen LogP) is 2.99. The highest BCUT2D eigenvalue weighted by molar-refractivity contribution is 5.27. The molecule has 1 N–H and O–H groups in total. The molecule has 1 aliphatic heterocycles. The summed E-state index contributed by atoms with van der Waals surface area (Å²) in [6.07, 6.45) is 2.67. The Kier molecular flexibility index (Phi) is 4.17. The molecule has 21 heavy (non-hydrogen) atoms. The maximum Gasteiger partial charge on any atom is 0.166 e. The maximum atomic E-state index is 14.1. The first-order valence-electron chi connectivity index (χ1n) is 7.37. The van der Waals surface area contributed by atoms with E-state index >= 15 is 0 Å². The van der Waals surface area contributed by atoms with E-state index in [4.69, 9.17) is 0 Å². The number of piperazine rings is 1. The van der Waals surface area contributed by atoms with Crippen molar-refractivity contribution in [3.63, 3.8) is 0 Å². The molecule has 1 aliphatic carbocycles. The van der Waals surface area contributed by atoms with E-state index in [1.54, 1.807) is 0 Å². The molecule has 1 heterocycles. The summed E-state index contributed by atoms with van der Waals surface area (Å²) in [5, 5.41) is 3.17. The largest absolute Gasteiger partial charge is 0.314 e. The van der Waals surface area contributed by atoms with E-state index in [1.165, 1.54) is 0 Å². The van der Waals surface area contributed by atoms with Crippen molar-refractivity contribution in [2.24, 2.45) is 5.92 Å². The number of hydrogen-bond acceptors (Lipinski definition) is 2. The first kappa shape index (κ1) is 14.8. The Morgan fingerprint density at radius 3 is 2.05 bits per heavy atom. The van der Waals surface area contributed by atoms with Crippen molar-refractivity contribution in [2.45, 2.75) is 25.3 Å². The van der Waals surface area contributed by atoms with Gasteiger partial charge in [0.15, 0.2) is 23.3 Å². The van der Waals surface area contributed by atoms with Crippen LogP contribution in [0.1, 0.15) is 30.9 Å². The van der Waals surface area contributed by atoms with E-state index in [-0.39, 0.29) is 12.0 Å². The average Bonchev–Trinajstić information content (AvgIpc) is 2.43. The van der Waals surface area contributed by atoms with E-state index < -0.39 is 34.9 Å². The molecule has 1 saturated carbocycles. The lowest BCUT2D eigenvalue weighted by Gasteiger charge is -2.43. The molecule has 0 radical (unpaired) electrons. The van der Waals surface area contributed by atoms with Crippen LogP contribution >= 0.6 is 0 Å². The van der Waals surface area contributed by atoms with Gasteiger partial charge in [-0.1, -0.05) is 6.42 Å². The molecule has 6 heteroatoms. The minimum absolute atomic E-state index is 0.0632. The summed E-state index contributed by atoms with van der Waals surface area (Å²) >= 11 is 0. The second-order valence-electron chi connectivity index (χ2n) is 5.80. The van der Waals surface area contributed by atoms with Crippen LogP contribution in [0.4, 0.5) is 17.6 Å². The summed E-state index contributed by atoms with van der Waals surface area (Å²) in [6.45, 7) is 2.67. The third-order valence-electron chi connectivity index (χ3n) is 4.58. The fraction of sp³-hybridized carbons (Fsp3) is 0.600. The van der Waals surface area contributed by atoms with Gasteiger partial charge >= 0.3 is 0 Å². The van der Waals surface area contributed by atoms with Gasteiger partial charge in [0.05, 0.1) is 0 Å². The molecule has 1 aromatic carbocycles. The van der Waals surface area contributed by atoms with Crippen molar-refractivity contribution in [2.75, 3.05) is 26.2 Å². The molecule has 3 rings (SSSR count). The minimum Gasteiger partial charge on any atom is -0.314 e. The monoisotopic (exact) mass is 302 g/mol. The van der Waals surface area contributed by atoms with E-state index in [9.17, 15) is 17.6 Å². The Hall–Kier alpha value is -1.14. The molecule has 1 aromatic rings. The second kappa shape index (κ2) is 5.93. The van der Waals surface area contributed by atoms with Crippen LogP contribution in [0.3, 0.4) is 0 Å². The third-order valence-corrected chi connectivity index (χ3v) is 4.58. The summed E-state index contributed by atoms with van der Waals surface area (Å²) in [5.41, 5.74) is -0.431. The highest BCUT2D eigenvalue weighted by atomic mass is 19.2. The molecule has 0 unspecified atom stereocenters. The van der Waals surface area contributed by atoms with Crippen LogP contribution in [-0.4, -0.2) is 31.1 Å². The van der Waals surface area contributed by atoms with E-state index in [0.29, 0.717) is 26.2 Å². The van der Waals surface area contributed by atoms with Gasteiger partial charge in [-0.15, -0.1) is 0 Å². The van der Waals surface area contributed by atoms with E-state index in [0.717, 1.165) is 19.3 Å². The SMILES string of the molecule is Fc1cc(F)c(F)c([C@H](C2CCC2)N2CCNCC2)c1F. The molecule has 2 aliphatic rings. The van der Waals surface area contributed by atoms with Gasteiger partial charge in [-0.3, -0.25) is 4.90 Å². The Bertz CT molecular complexity index is 499. The molecule has 1 saturated heterocycles. The number of halogens is 4. The Morgan fingerprint density at radius 2 is 1.57 bits per heavy atom. The first-order valence-corrected chi connectivity index (χ1v) is 7.37. The number of rotatable bonds is 3. The lowest BCUT2D eigenvalue weighted by atomic mass is 9.76. The smallest absolute Gasteiger partial charge is 0.166 e. The zero-order valence-electron chi connectivity index (χ0n) is 11.6. The molecule has 116 valence electrons. The lowest BCUT2D eigenvalue weighted by Crippen LogP contribution is -2.48. The van der Waals surface area contributed by atoms with Crippen molar-refractivity contribution in [3.05, 3.63) is 34.9 Å². The molecule has 0 spiro atoms. The van der Waals surface area contributed by atoms with Crippen LogP contribution in [0.2, 0.25) is 0 Å². The number of hydrogen-bond donors (Lipinski definition) is 1. The summed E-state index contributed by atoms with van der Waals surface area (Å²) in [4.78, 5) is 1.95. The summed E-state index contributed by atoms with van der Waals surface area (Å²) < 4.78 is 55.3. The van der Waals surface area contributed by atoms with Gasteiger partial charge in [-0.05, 0) is 18.8 Å². The number of nitrogens with zero attached hydrogens (tertiary/aromatic N) is 1. The summed E-state index contributed by atoms with van der Waals surface area (Å²) in [7, 11) is 0. The van der Waals surface area contributed by atoms with Gasteiger partial charge in [0.25, 0.3) is 0 Å². The normalized spacial score (nSPS) is 22.1. The Morgan fingerprint density at radius 1 is 1.00 bits per heavy atom. The standard InChI is InChI=1S/C15H18F4N2/c16-10-8-11(17)14(19)12(13(10)18)15(9-2-1-3-9)21-6-4-20-5-7-21/h8-9,15,20H,1-7H2/t15-/m0/s1. The van der Waals surface area contributed by atoms with Crippen molar-refractivity contribution in [1.82, 2.24) is 10.2 Å². The molecule has 0 aromatic heterocycles. The quantitative estimate of drug-likeness (QED) is 0.682. The van der Waals surface area contributed by atoms with E-state index in [2.05, 4.69) is 5.32 Å². The lowest BCUT2D eigenvalue weighted by molar-refractivity contribution is 0.0772.